The Labute approximate surface area is 153 Å². The van der Waals surface area contributed by atoms with E-state index in [4.69, 9.17) is 4.52 Å². The fourth-order valence-corrected chi connectivity index (χ4v) is 3.91. The van der Waals surface area contributed by atoms with Gasteiger partial charge >= 0.3 is 0 Å². The van der Waals surface area contributed by atoms with Crippen LogP contribution in [0.2, 0.25) is 0 Å². The molecule has 3 aromatic rings. The highest BCUT2D eigenvalue weighted by Gasteiger charge is 2.30. The van der Waals surface area contributed by atoms with Gasteiger partial charge in [-0.05, 0) is 37.3 Å². The van der Waals surface area contributed by atoms with Gasteiger partial charge in [0.05, 0.1) is 5.69 Å². The topological polar surface area (TPSA) is 62.1 Å². The van der Waals surface area contributed by atoms with Crippen LogP contribution in [0.3, 0.4) is 0 Å². The third-order valence-electron chi connectivity index (χ3n) is 5.40. The molecule has 0 aliphatic carbocycles. The molecule has 1 amide bonds. The molecule has 0 radical (unpaired) electrons. The Balaban J connectivity index is 1.48. The van der Waals surface area contributed by atoms with Gasteiger partial charge in [-0.25, -0.2) is 0 Å². The predicted octanol–water partition coefficient (Wildman–Crippen LogP) is 4.61. The summed E-state index contributed by atoms with van der Waals surface area (Å²) in [4.78, 5) is 18.5. The number of aryl methyl sites for hydroxylation is 1. The minimum atomic E-state index is 0.0579. The number of H-pyrrole nitrogens is 1. The molecule has 0 unspecified atom stereocenters. The number of piperidine rings is 1. The maximum Gasteiger partial charge on any atom is 0.259 e. The van der Waals surface area contributed by atoms with Gasteiger partial charge in [-0.2, -0.15) is 0 Å². The van der Waals surface area contributed by atoms with Crippen molar-refractivity contribution in [1.29, 1.82) is 0 Å². The van der Waals surface area contributed by atoms with Crippen LogP contribution in [0.1, 0.15) is 66.0 Å². The lowest BCUT2D eigenvalue weighted by atomic mass is 9.93. The number of fused-ring (bicyclic) bond motifs is 1. The molecule has 1 aromatic carbocycles. The molecule has 5 nitrogen and oxygen atoms in total. The number of nitrogens with zero attached hydrogens (tertiary/aromatic N) is 2. The number of aromatic amines is 1. The summed E-state index contributed by atoms with van der Waals surface area (Å²) in [6, 6.07) is 10.6. The first kappa shape index (κ1) is 16.9. The second kappa shape index (κ2) is 6.63. The van der Waals surface area contributed by atoms with Crippen LogP contribution in [0.4, 0.5) is 0 Å². The van der Waals surface area contributed by atoms with Gasteiger partial charge in [0, 0.05) is 36.1 Å². The molecular formula is C21H25N3O2. The molecular weight excluding hydrogens is 326 g/mol. The number of hydrogen-bond donors (Lipinski definition) is 1. The Morgan fingerprint density at radius 3 is 2.69 bits per heavy atom. The van der Waals surface area contributed by atoms with Gasteiger partial charge < -0.3 is 14.4 Å². The van der Waals surface area contributed by atoms with E-state index >= 15 is 0 Å². The largest absolute Gasteiger partial charge is 0.360 e. The lowest BCUT2D eigenvalue weighted by molar-refractivity contribution is 0.0708. The first-order valence-electron chi connectivity index (χ1n) is 9.37. The molecule has 4 rings (SSSR count). The predicted molar refractivity (Wildman–Crippen MR) is 102 cm³/mol. The molecule has 1 aliphatic heterocycles. The van der Waals surface area contributed by atoms with E-state index in [1.807, 2.05) is 25.7 Å². The molecule has 1 N–H and O–H groups in total. The van der Waals surface area contributed by atoms with Crippen molar-refractivity contribution in [2.45, 2.75) is 45.4 Å². The summed E-state index contributed by atoms with van der Waals surface area (Å²) in [7, 11) is 0. The number of benzene rings is 1. The monoisotopic (exact) mass is 351 g/mol. The molecule has 5 heteroatoms. The standard InChI is InChI=1S/C21H25N3O2/c1-13(2)20-19(14(3)23-26-20)21(25)24-10-8-15(9-11-24)18-12-16-6-4-5-7-17(16)22-18/h4-7,12-13,15,22H,8-11H2,1-3H3. The van der Waals surface area contributed by atoms with Crippen LogP contribution in [-0.4, -0.2) is 34.0 Å². The van der Waals surface area contributed by atoms with E-state index in [-0.39, 0.29) is 11.8 Å². The highest BCUT2D eigenvalue weighted by molar-refractivity contribution is 5.96. The molecule has 136 valence electrons. The summed E-state index contributed by atoms with van der Waals surface area (Å²) >= 11 is 0. The maximum atomic E-state index is 13.0. The zero-order valence-electron chi connectivity index (χ0n) is 15.6. The van der Waals surface area contributed by atoms with E-state index in [0.29, 0.717) is 22.9 Å². The summed E-state index contributed by atoms with van der Waals surface area (Å²) in [6.45, 7) is 7.43. The minimum absolute atomic E-state index is 0.0579. The van der Waals surface area contributed by atoms with Gasteiger partial charge in [0.1, 0.15) is 5.56 Å². The number of carbonyl (C=O) groups excluding carboxylic acids is 1. The molecule has 0 bridgehead atoms. The molecule has 0 saturated carbocycles. The number of amides is 1. The summed E-state index contributed by atoms with van der Waals surface area (Å²) in [6.07, 6.45) is 1.94. The maximum absolute atomic E-state index is 13.0. The SMILES string of the molecule is Cc1noc(C(C)C)c1C(=O)N1CCC(c2cc3ccccc3[nH]2)CC1. The number of carbonyl (C=O) groups is 1. The summed E-state index contributed by atoms with van der Waals surface area (Å²) in [5, 5.41) is 5.27. The fourth-order valence-electron chi connectivity index (χ4n) is 3.91. The highest BCUT2D eigenvalue weighted by atomic mass is 16.5. The van der Waals surface area contributed by atoms with Gasteiger partial charge in [-0.15, -0.1) is 0 Å². The molecule has 0 spiro atoms. The van der Waals surface area contributed by atoms with Crippen LogP contribution in [-0.2, 0) is 0 Å². The zero-order valence-corrected chi connectivity index (χ0v) is 15.6. The molecule has 3 heterocycles. The van der Waals surface area contributed by atoms with Crippen molar-refractivity contribution in [2.75, 3.05) is 13.1 Å². The van der Waals surface area contributed by atoms with Gasteiger partial charge in [-0.1, -0.05) is 37.2 Å². The Hall–Kier alpha value is -2.56. The van der Waals surface area contributed by atoms with Crippen molar-refractivity contribution in [3.8, 4) is 0 Å². The van der Waals surface area contributed by atoms with E-state index in [1.54, 1.807) is 0 Å². The lowest BCUT2D eigenvalue weighted by Crippen LogP contribution is -2.38. The van der Waals surface area contributed by atoms with Gasteiger partial charge in [-0.3, -0.25) is 4.79 Å². The first-order chi connectivity index (χ1) is 12.5. The van der Waals surface area contributed by atoms with E-state index in [0.717, 1.165) is 25.9 Å². The van der Waals surface area contributed by atoms with Gasteiger partial charge in [0.25, 0.3) is 5.91 Å². The van der Waals surface area contributed by atoms with E-state index in [9.17, 15) is 4.79 Å². The molecule has 0 atom stereocenters. The average Bonchev–Trinajstić information content (AvgIpc) is 3.24. The second-order valence-corrected chi connectivity index (χ2v) is 7.54. The zero-order chi connectivity index (χ0) is 18.3. The van der Waals surface area contributed by atoms with Crippen LogP contribution in [0, 0.1) is 6.92 Å². The Kier molecular flexibility index (Phi) is 4.31. The number of likely N-dealkylation sites (tertiary alicyclic amines) is 1. The number of nitrogens with one attached hydrogen (secondary N) is 1. The minimum Gasteiger partial charge on any atom is -0.360 e. The van der Waals surface area contributed by atoms with Crippen molar-refractivity contribution in [2.24, 2.45) is 0 Å². The van der Waals surface area contributed by atoms with E-state index in [2.05, 4.69) is 40.5 Å². The quantitative estimate of drug-likeness (QED) is 0.749. The third kappa shape index (κ3) is 2.91. The summed E-state index contributed by atoms with van der Waals surface area (Å²) < 4.78 is 5.39. The van der Waals surface area contributed by atoms with Crippen LogP contribution >= 0.6 is 0 Å². The Bertz CT molecular complexity index is 897. The van der Waals surface area contributed by atoms with Crippen molar-refractivity contribution < 1.29 is 9.32 Å². The normalized spacial score (nSPS) is 15.9. The van der Waals surface area contributed by atoms with Crippen LogP contribution in [0.15, 0.2) is 34.9 Å². The van der Waals surface area contributed by atoms with Crippen LogP contribution < -0.4 is 0 Å². The van der Waals surface area contributed by atoms with Crippen molar-refractivity contribution in [3.63, 3.8) is 0 Å². The first-order valence-corrected chi connectivity index (χ1v) is 9.37. The molecule has 26 heavy (non-hydrogen) atoms. The number of para-hydroxylation sites is 1. The van der Waals surface area contributed by atoms with Crippen molar-refractivity contribution in [3.05, 3.63) is 53.0 Å². The van der Waals surface area contributed by atoms with E-state index in [1.165, 1.54) is 16.6 Å². The molecule has 1 aliphatic rings. The fraction of sp³-hybridized carbons (Fsp3) is 0.429. The average molecular weight is 351 g/mol. The molecule has 2 aromatic heterocycles. The number of hydrogen-bond acceptors (Lipinski definition) is 3. The lowest BCUT2D eigenvalue weighted by Gasteiger charge is -2.31. The summed E-state index contributed by atoms with van der Waals surface area (Å²) in [5.74, 6) is 1.38. The number of aromatic nitrogens is 2. The Morgan fingerprint density at radius 1 is 1.27 bits per heavy atom. The molecule has 1 fully saturated rings. The summed E-state index contributed by atoms with van der Waals surface area (Å²) in [5.41, 5.74) is 3.81. The smallest absolute Gasteiger partial charge is 0.259 e. The highest BCUT2D eigenvalue weighted by Crippen LogP contribution is 2.31. The molecule has 1 saturated heterocycles. The number of rotatable bonds is 3. The van der Waals surface area contributed by atoms with Crippen LogP contribution in [0.5, 0.6) is 0 Å². The van der Waals surface area contributed by atoms with Crippen LogP contribution in [0.25, 0.3) is 10.9 Å². The van der Waals surface area contributed by atoms with Gasteiger partial charge in [0.2, 0.25) is 0 Å². The van der Waals surface area contributed by atoms with Gasteiger partial charge in [0.15, 0.2) is 5.76 Å². The van der Waals surface area contributed by atoms with E-state index < -0.39 is 0 Å². The van der Waals surface area contributed by atoms with Crippen molar-refractivity contribution in [1.82, 2.24) is 15.0 Å². The second-order valence-electron chi connectivity index (χ2n) is 7.54. The van der Waals surface area contributed by atoms with Crippen molar-refractivity contribution >= 4 is 16.8 Å². The Morgan fingerprint density at radius 2 is 2.00 bits per heavy atom. The third-order valence-corrected chi connectivity index (χ3v) is 5.40.